The van der Waals surface area contributed by atoms with Gasteiger partial charge < -0.3 is 14.8 Å². The van der Waals surface area contributed by atoms with Crippen molar-refractivity contribution in [3.05, 3.63) is 71.3 Å². The molecule has 2 aromatic carbocycles. The van der Waals surface area contributed by atoms with Crippen LogP contribution in [-0.4, -0.2) is 24.5 Å². The van der Waals surface area contributed by atoms with Crippen molar-refractivity contribution in [2.24, 2.45) is 0 Å². The Kier molecular flexibility index (Phi) is 6.02. The maximum atomic E-state index is 12.6. The topological polar surface area (TPSA) is 64.6 Å². The lowest BCUT2D eigenvalue weighted by Gasteiger charge is -2.19. The number of benzene rings is 2. The quantitative estimate of drug-likeness (QED) is 0.809. The summed E-state index contributed by atoms with van der Waals surface area (Å²) in [6.45, 7) is 2.88. The number of rotatable bonds is 6. The second kappa shape index (κ2) is 8.63. The Bertz CT molecular complexity index is 736. The van der Waals surface area contributed by atoms with Gasteiger partial charge in [0, 0.05) is 5.56 Å². The minimum Gasteiger partial charge on any atom is -0.458 e. The van der Waals surface area contributed by atoms with Crippen molar-refractivity contribution in [1.29, 1.82) is 0 Å². The minimum absolute atomic E-state index is 0.140. The van der Waals surface area contributed by atoms with Crippen LogP contribution in [-0.2, 0) is 25.7 Å². The first-order valence-electron chi connectivity index (χ1n) is 8.84. The number of carbonyl (C=O) groups is 2. The molecule has 0 aliphatic carbocycles. The minimum atomic E-state index is -1.06. The molecule has 1 aliphatic heterocycles. The van der Waals surface area contributed by atoms with E-state index in [0.29, 0.717) is 5.56 Å². The van der Waals surface area contributed by atoms with Crippen molar-refractivity contribution in [2.45, 2.75) is 38.5 Å². The average Bonchev–Trinajstić information content (AvgIpc) is 3.21. The van der Waals surface area contributed by atoms with Crippen molar-refractivity contribution >= 4 is 11.9 Å². The van der Waals surface area contributed by atoms with Gasteiger partial charge in [-0.05, 0) is 31.9 Å². The lowest BCUT2D eigenvalue weighted by molar-refractivity contribution is -0.170. The highest BCUT2D eigenvalue weighted by Gasteiger charge is 2.31. The Balaban J connectivity index is 1.71. The average molecular weight is 353 g/mol. The Labute approximate surface area is 153 Å². The second-order valence-corrected chi connectivity index (χ2v) is 6.47. The Morgan fingerprint density at radius 2 is 1.85 bits per heavy atom. The number of carbonyl (C=O) groups excluding carboxylic acids is 2. The van der Waals surface area contributed by atoms with Crippen LogP contribution in [0.15, 0.2) is 54.6 Å². The molecule has 1 heterocycles. The summed E-state index contributed by atoms with van der Waals surface area (Å²) < 4.78 is 10.9. The fourth-order valence-electron chi connectivity index (χ4n) is 2.88. The van der Waals surface area contributed by atoms with E-state index in [9.17, 15) is 9.59 Å². The van der Waals surface area contributed by atoms with Crippen LogP contribution in [0, 0.1) is 6.92 Å². The summed E-state index contributed by atoms with van der Waals surface area (Å²) in [5.41, 5.74) is 2.56. The number of hydrogen-bond acceptors (Lipinski definition) is 5. The van der Waals surface area contributed by atoms with Crippen molar-refractivity contribution in [2.75, 3.05) is 6.54 Å². The van der Waals surface area contributed by atoms with Gasteiger partial charge in [0.25, 0.3) is 0 Å². The van der Waals surface area contributed by atoms with Gasteiger partial charge >= 0.3 is 11.9 Å². The molecular weight excluding hydrogens is 330 g/mol. The van der Waals surface area contributed by atoms with Crippen molar-refractivity contribution in [3.8, 4) is 0 Å². The molecule has 1 aliphatic rings. The molecular formula is C21H23NO4. The number of ether oxygens (including phenoxy) is 2. The molecule has 2 atom stereocenters. The lowest BCUT2D eigenvalue weighted by Crippen LogP contribution is -2.35. The van der Waals surface area contributed by atoms with Gasteiger partial charge in [0.1, 0.15) is 12.6 Å². The first kappa shape index (κ1) is 18.1. The van der Waals surface area contributed by atoms with Crippen LogP contribution in [0.3, 0.4) is 0 Å². The summed E-state index contributed by atoms with van der Waals surface area (Å²) in [6.07, 6.45) is 0.584. The van der Waals surface area contributed by atoms with Crippen LogP contribution < -0.4 is 5.32 Å². The van der Waals surface area contributed by atoms with Crippen LogP contribution in [0.1, 0.15) is 35.6 Å². The van der Waals surface area contributed by atoms with E-state index in [1.807, 2.05) is 49.4 Å². The maximum absolute atomic E-state index is 12.6. The van der Waals surface area contributed by atoms with Crippen molar-refractivity contribution in [3.63, 3.8) is 0 Å². The molecule has 1 N–H and O–H groups in total. The smallest absolute Gasteiger partial charge is 0.352 e. The summed E-state index contributed by atoms with van der Waals surface area (Å²) in [6, 6.07) is 16.4. The molecule has 1 fully saturated rings. The van der Waals surface area contributed by atoms with Crippen LogP contribution in [0.25, 0.3) is 0 Å². The molecule has 2 unspecified atom stereocenters. The maximum Gasteiger partial charge on any atom is 0.352 e. The van der Waals surface area contributed by atoms with Gasteiger partial charge in [-0.25, -0.2) is 4.79 Å². The van der Waals surface area contributed by atoms with Gasteiger partial charge in [-0.2, -0.15) is 0 Å². The third kappa shape index (κ3) is 4.70. The van der Waals surface area contributed by atoms with Gasteiger partial charge in [0.05, 0.1) is 0 Å². The second-order valence-electron chi connectivity index (χ2n) is 6.47. The molecule has 0 amide bonds. The Morgan fingerprint density at radius 3 is 2.50 bits per heavy atom. The van der Waals surface area contributed by atoms with Crippen LogP contribution in [0.4, 0.5) is 0 Å². The molecule has 0 spiro atoms. The predicted octanol–water partition coefficient (Wildman–Crippen LogP) is 3.07. The zero-order chi connectivity index (χ0) is 18.4. The Hall–Kier alpha value is -2.66. The third-order valence-corrected chi connectivity index (χ3v) is 4.40. The number of hydrogen-bond donors (Lipinski definition) is 1. The number of nitrogens with one attached hydrogen (secondary N) is 1. The normalized spacial score (nSPS) is 17.5. The first-order valence-corrected chi connectivity index (χ1v) is 8.84. The fourth-order valence-corrected chi connectivity index (χ4v) is 2.88. The zero-order valence-electron chi connectivity index (χ0n) is 14.8. The SMILES string of the molecule is Cc1ccc(C(OC(=O)C2CCCN2)C(=O)OCc2ccccc2)cc1. The third-order valence-electron chi connectivity index (χ3n) is 4.40. The number of aryl methyl sites for hydroxylation is 1. The summed E-state index contributed by atoms with van der Waals surface area (Å²) in [5, 5.41) is 3.09. The molecule has 0 bridgehead atoms. The summed E-state index contributed by atoms with van der Waals surface area (Å²) in [4.78, 5) is 25.0. The van der Waals surface area contributed by atoms with Gasteiger partial charge in [-0.3, -0.25) is 4.79 Å². The lowest BCUT2D eigenvalue weighted by atomic mass is 10.1. The van der Waals surface area contributed by atoms with Gasteiger partial charge in [0.2, 0.25) is 6.10 Å². The van der Waals surface area contributed by atoms with Crippen molar-refractivity contribution < 1.29 is 19.1 Å². The zero-order valence-corrected chi connectivity index (χ0v) is 14.8. The van der Waals surface area contributed by atoms with E-state index in [0.717, 1.165) is 30.5 Å². The highest BCUT2D eigenvalue weighted by molar-refractivity contribution is 5.83. The van der Waals surface area contributed by atoms with E-state index < -0.39 is 18.0 Å². The molecule has 1 saturated heterocycles. The Morgan fingerprint density at radius 1 is 1.12 bits per heavy atom. The van der Waals surface area contributed by atoms with E-state index in [1.165, 1.54) is 0 Å². The van der Waals surface area contributed by atoms with E-state index in [-0.39, 0.29) is 12.6 Å². The first-order chi connectivity index (χ1) is 12.6. The van der Waals surface area contributed by atoms with E-state index in [1.54, 1.807) is 12.1 Å². The molecule has 136 valence electrons. The largest absolute Gasteiger partial charge is 0.458 e. The van der Waals surface area contributed by atoms with Crippen LogP contribution >= 0.6 is 0 Å². The summed E-state index contributed by atoms with van der Waals surface area (Å²) in [5.74, 6) is -0.978. The molecule has 0 aromatic heterocycles. The molecule has 26 heavy (non-hydrogen) atoms. The van der Waals surface area contributed by atoms with Crippen molar-refractivity contribution in [1.82, 2.24) is 5.32 Å². The molecule has 2 aromatic rings. The van der Waals surface area contributed by atoms with Gasteiger partial charge in [-0.15, -0.1) is 0 Å². The highest BCUT2D eigenvalue weighted by atomic mass is 16.6. The molecule has 5 nitrogen and oxygen atoms in total. The standard InChI is InChI=1S/C21H23NO4/c1-15-9-11-17(12-10-15)19(26-20(23)18-8-5-13-22-18)21(24)25-14-16-6-3-2-4-7-16/h2-4,6-7,9-12,18-19,22H,5,8,13-14H2,1H3. The summed E-state index contributed by atoms with van der Waals surface area (Å²) >= 11 is 0. The van der Waals surface area contributed by atoms with Crippen LogP contribution in [0.5, 0.6) is 0 Å². The predicted molar refractivity (Wildman–Crippen MR) is 97.3 cm³/mol. The molecule has 3 rings (SSSR count). The van der Waals surface area contributed by atoms with E-state index in [2.05, 4.69) is 5.32 Å². The van der Waals surface area contributed by atoms with E-state index >= 15 is 0 Å². The van der Waals surface area contributed by atoms with Gasteiger partial charge in [-0.1, -0.05) is 60.2 Å². The summed E-state index contributed by atoms with van der Waals surface area (Å²) in [7, 11) is 0. The molecule has 5 heteroatoms. The fraction of sp³-hybridized carbons (Fsp3) is 0.333. The molecule has 0 saturated carbocycles. The number of esters is 2. The van der Waals surface area contributed by atoms with E-state index in [4.69, 9.17) is 9.47 Å². The van der Waals surface area contributed by atoms with Gasteiger partial charge in [0.15, 0.2) is 0 Å². The molecule has 0 radical (unpaired) electrons. The highest BCUT2D eigenvalue weighted by Crippen LogP contribution is 2.22. The van der Waals surface area contributed by atoms with Crippen LogP contribution in [0.2, 0.25) is 0 Å². The monoisotopic (exact) mass is 353 g/mol.